The largest absolute Gasteiger partial charge is 0.341 e. The van der Waals surface area contributed by atoms with Gasteiger partial charge in [-0.1, -0.05) is 5.92 Å². The Hall–Kier alpha value is -2.65. The number of hydrogen-bond donors (Lipinski definition) is 1. The predicted octanol–water partition coefficient (Wildman–Crippen LogP) is 3.04. The van der Waals surface area contributed by atoms with Crippen LogP contribution in [0.15, 0.2) is 12.1 Å². The number of nitrogens with one attached hydrogen (secondary N) is 1. The van der Waals surface area contributed by atoms with Crippen LogP contribution in [0.1, 0.15) is 60.8 Å². The first-order chi connectivity index (χ1) is 13.8. The molecule has 2 aliphatic rings. The zero-order valence-electron chi connectivity index (χ0n) is 17.6. The molecule has 1 N–H and O–H groups in total. The molecule has 29 heavy (non-hydrogen) atoms. The maximum absolute atomic E-state index is 13.1. The van der Waals surface area contributed by atoms with Crippen molar-refractivity contribution in [3.05, 3.63) is 34.4 Å². The van der Waals surface area contributed by atoms with Gasteiger partial charge in [-0.2, -0.15) is 0 Å². The number of hydroxylamine groups is 1. The summed E-state index contributed by atoms with van der Waals surface area (Å²) in [5, 5.41) is 0. The van der Waals surface area contributed by atoms with Crippen molar-refractivity contribution in [1.82, 2.24) is 10.4 Å². The second kappa shape index (κ2) is 8.38. The minimum atomic E-state index is -0.681. The van der Waals surface area contributed by atoms with E-state index in [1.807, 2.05) is 26.0 Å². The monoisotopic (exact) mass is 396 g/mol. The molecule has 0 bridgehead atoms. The molecule has 3 rings (SSSR count). The Morgan fingerprint density at radius 2 is 1.69 bits per heavy atom. The van der Waals surface area contributed by atoms with Crippen LogP contribution in [-0.2, 0) is 14.4 Å². The molecule has 1 saturated heterocycles. The number of likely N-dealkylation sites (tertiary alicyclic amines) is 1. The zero-order valence-corrected chi connectivity index (χ0v) is 17.6. The lowest BCUT2D eigenvalue weighted by molar-refractivity contribution is -0.138. The normalized spacial score (nSPS) is 19.1. The van der Waals surface area contributed by atoms with Crippen LogP contribution in [0, 0.1) is 31.1 Å². The van der Waals surface area contributed by atoms with Crippen LogP contribution in [0.5, 0.6) is 0 Å². The van der Waals surface area contributed by atoms with E-state index in [4.69, 9.17) is 0 Å². The summed E-state index contributed by atoms with van der Waals surface area (Å²) in [5.74, 6) is 5.25. The molecule has 1 aliphatic carbocycles. The minimum Gasteiger partial charge on any atom is -0.323 e. The summed E-state index contributed by atoms with van der Waals surface area (Å²) in [7, 11) is 1.40. The van der Waals surface area contributed by atoms with E-state index in [0.717, 1.165) is 22.3 Å². The maximum atomic E-state index is 13.1. The molecule has 1 saturated carbocycles. The molecule has 0 atom stereocenters. The average molecular weight is 396 g/mol. The second-order valence-electron chi connectivity index (χ2n) is 8.22. The van der Waals surface area contributed by atoms with Gasteiger partial charge >= 0.3 is 6.03 Å². The lowest BCUT2D eigenvalue weighted by Gasteiger charge is -2.44. The number of amides is 2. The van der Waals surface area contributed by atoms with Gasteiger partial charge in [-0.15, -0.1) is 5.92 Å². The molecule has 0 radical (unpaired) electrons. The summed E-state index contributed by atoms with van der Waals surface area (Å²) >= 11 is 0. The van der Waals surface area contributed by atoms with Gasteiger partial charge in [0.15, 0.2) is 0 Å². The van der Waals surface area contributed by atoms with Crippen molar-refractivity contribution in [2.75, 3.05) is 20.2 Å². The van der Waals surface area contributed by atoms with Crippen molar-refractivity contribution in [3.8, 4) is 11.8 Å². The van der Waals surface area contributed by atoms with Crippen molar-refractivity contribution in [2.45, 2.75) is 52.4 Å². The lowest BCUT2D eigenvalue weighted by atomic mass is 9.62. The molecule has 0 unspecified atom stereocenters. The van der Waals surface area contributed by atoms with Gasteiger partial charge in [0, 0.05) is 31.5 Å². The average Bonchev–Trinajstić information content (AvgIpc) is 2.64. The molecule has 2 fully saturated rings. The number of carbonyl (C=O) groups excluding carboxylic acids is 3. The number of hydrogen-bond acceptors (Lipinski definition) is 4. The third-order valence-electron chi connectivity index (χ3n) is 6.19. The first-order valence-corrected chi connectivity index (χ1v) is 9.97. The molecular weight excluding hydrogens is 368 g/mol. The van der Waals surface area contributed by atoms with E-state index in [-0.39, 0.29) is 23.0 Å². The fourth-order valence-corrected chi connectivity index (χ4v) is 4.84. The number of urea groups is 1. The molecule has 1 aromatic carbocycles. The molecule has 0 aromatic heterocycles. The molecular formula is C23H28N2O4. The summed E-state index contributed by atoms with van der Waals surface area (Å²) in [4.78, 5) is 44.6. The SMILES string of the molecule is CC#Cc1cc(C)c(C2C(=O)CC3(CCN(C(=O)NOC)CC3)CC2=O)c(C)c1. The van der Waals surface area contributed by atoms with Crippen molar-refractivity contribution in [3.63, 3.8) is 0 Å². The summed E-state index contributed by atoms with van der Waals surface area (Å²) in [6.45, 7) is 6.71. The van der Waals surface area contributed by atoms with Gasteiger partial charge in [0.1, 0.15) is 17.5 Å². The van der Waals surface area contributed by atoms with Crippen LogP contribution in [0.4, 0.5) is 4.79 Å². The molecule has 6 nitrogen and oxygen atoms in total. The van der Waals surface area contributed by atoms with E-state index in [0.29, 0.717) is 38.8 Å². The summed E-state index contributed by atoms with van der Waals surface area (Å²) in [5.41, 5.74) is 5.62. The standard InChI is InChI=1S/C23H28N2O4/c1-5-6-17-11-15(2)20(16(3)12-17)21-18(26)13-23(14-19(21)27)7-9-25(10-8-23)22(28)24-29-4/h11-12,21H,7-10,13-14H2,1-4H3,(H,24,28). The van der Waals surface area contributed by atoms with Crippen molar-refractivity contribution in [2.24, 2.45) is 5.41 Å². The molecule has 1 heterocycles. The highest BCUT2D eigenvalue weighted by Gasteiger charge is 2.47. The topological polar surface area (TPSA) is 75.7 Å². The van der Waals surface area contributed by atoms with E-state index in [2.05, 4.69) is 22.2 Å². The highest BCUT2D eigenvalue weighted by Crippen LogP contribution is 2.46. The van der Waals surface area contributed by atoms with E-state index < -0.39 is 5.92 Å². The number of rotatable bonds is 2. The van der Waals surface area contributed by atoms with Crippen LogP contribution in [0.25, 0.3) is 0 Å². The second-order valence-corrected chi connectivity index (χ2v) is 8.22. The van der Waals surface area contributed by atoms with Gasteiger partial charge in [-0.3, -0.25) is 14.4 Å². The zero-order chi connectivity index (χ0) is 21.2. The molecule has 1 aliphatic heterocycles. The predicted molar refractivity (Wildman–Crippen MR) is 109 cm³/mol. The van der Waals surface area contributed by atoms with E-state index >= 15 is 0 Å². The molecule has 6 heteroatoms. The van der Waals surface area contributed by atoms with Crippen molar-refractivity contribution >= 4 is 17.6 Å². The smallest absolute Gasteiger partial charge is 0.323 e. The fraction of sp³-hybridized carbons (Fsp3) is 0.522. The quantitative estimate of drug-likeness (QED) is 0.474. The Morgan fingerprint density at radius 1 is 1.14 bits per heavy atom. The first-order valence-electron chi connectivity index (χ1n) is 9.97. The van der Waals surface area contributed by atoms with Gasteiger partial charge in [0.25, 0.3) is 0 Å². The van der Waals surface area contributed by atoms with Crippen LogP contribution < -0.4 is 5.48 Å². The summed E-state index contributed by atoms with van der Waals surface area (Å²) < 4.78 is 0. The third kappa shape index (κ3) is 4.20. The number of benzene rings is 1. The van der Waals surface area contributed by atoms with Gasteiger partial charge < -0.3 is 4.90 Å². The fourth-order valence-electron chi connectivity index (χ4n) is 4.84. The molecule has 2 amide bonds. The number of nitrogens with zero attached hydrogens (tertiary/aromatic N) is 1. The van der Waals surface area contributed by atoms with Crippen LogP contribution in [0.2, 0.25) is 0 Å². The van der Waals surface area contributed by atoms with Crippen molar-refractivity contribution in [1.29, 1.82) is 0 Å². The summed E-state index contributed by atoms with van der Waals surface area (Å²) in [6, 6.07) is 3.63. The third-order valence-corrected chi connectivity index (χ3v) is 6.19. The Labute approximate surface area is 171 Å². The first kappa shape index (κ1) is 21.1. The Bertz CT molecular complexity index is 858. The number of ketones is 2. The van der Waals surface area contributed by atoms with Crippen LogP contribution in [0.3, 0.4) is 0 Å². The Balaban J connectivity index is 1.78. The Kier molecular flexibility index (Phi) is 6.09. The van der Waals surface area contributed by atoms with E-state index in [9.17, 15) is 14.4 Å². The number of piperidine rings is 1. The van der Waals surface area contributed by atoms with Gasteiger partial charge in [-0.05, 0) is 67.9 Å². The summed E-state index contributed by atoms with van der Waals surface area (Å²) in [6.07, 6.45) is 2.08. The highest BCUT2D eigenvalue weighted by atomic mass is 16.6. The Morgan fingerprint density at radius 3 is 2.17 bits per heavy atom. The van der Waals surface area contributed by atoms with E-state index in [1.54, 1.807) is 11.8 Å². The molecule has 1 aromatic rings. The number of Topliss-reactive ketones (excluding diaryl/α,β-unsaturated/α-hetero) is 2. The molecule has 1 spiro atoms. The van der Waals surface area contributed by atoms with Gasteiger partial charge in [0.2, 0.25) is 0 Å². The van der Waals surface area contributed by atoms with Gasteiger partial charge in [-0.25, -0.2) is 10.3 Å². The van der Waals surface area contributed by atoms with E-state index in [1.165, 1.54) is 7.11 Å². The maximum Gasteiger partial charge on any atom is 0.341 e. The van der Waals surface area contributed by atoms with Gasteiger partial charge in [0.05, 0.1) is 7.11 Å². The highest BCUT2D eigenvalue weighted by molar-refractivity contribution is 6.10. The van der Waals surface area contributed by atoms with Crippen molar-refractivity contribution < 1.29 is 19.2 Å². The van der Waals surface area contributed by atoms with Crippen LogP contribution >= 0.6 is 0 Å². The van der Waals surface area contributed by atoms with Crippen LogP contribution in [-0.4, -0.2) is 42.7 Å². The lowest BCUT2D eigenvalue weighted by Crippen LogP contribution is -2.50. The minimum absolute atomic E-state index is 0.00318. The molecule has 154 valence electrons. The number of carbonyl (C=O) groups is 3. The number of aryl methyl sites for hydroxylation is 2.